The third-order valence-electron chi connectivity index (χ3n) is 1.69. The van der Waals surface area contributed by atoms with Gasteiger partial charge in [-0.1, -0.05) is 0 Å². The molecule has 2 N–H and O–H groups in total. The fraction of sp³-hybridized carbons (Fsp3) is 0.333. The number of rotatable bonds is 2. The molecule has 0 spiro atoms. The Hall–Kier alpha value is -1.79. The van der Waals surface area contributed by atoms with Gasteiger partial charge in [-0.2, -0.15) is 13.2 Å². The second-order valence-electron chi connectivity index (χ2n) is 3.05. The Morgan fingerprint density at radius 2 is 2.19 bits per heavy atom. The molecule has 0 aliphatic carbocycles. The van der Waals surface area contributed by atoms with Crippen molar-refractivity contribution in [2.75, 3.05) is 5.73 Å². The van der Waals surface area contributed by atoms with Gasteiger partial charge in [-0.25, -0.2) is 4.98 Å². The molecule has 0 amide bonds. The summed E-state index contributed by atoms with van der Waals surface area (Å²) in [6.07, 6.45) is -5.87. The second kappa shape index (κ2) is 4.38. The normalized spacial score (nSPS) is 13.2. The predicted molar refractivity (Wildman–Crippen MR) is 49.2 cm³/mol. The number of pyridine rings is 1. The van der Waals surface area contributed by atoms with Crippen molar-refractivity contribution < 1.29 is 22.7 Å². The highest BCUT2D eigenvalue weighted by Crippen LogP contribution is 2.36. The first kappa shape index (κ1) is 12.3. The zero-order valence-electron chi connectivity index (χ0n) is 8.28. The van der Waals surface area contributed by atoms with Crippen LogP contribution in [0, 0.1) is 0 Å². The number of nitrogens with two attached hydrogens (primary N) is 1. The van der Waals surface area contributed by atoms with Gasteiger partial charge in [-0.3, -0.25) is 4.79 Å². The van der Waals surface area contributed by atoms with Crippen LogP contribution in [-0.2, 0) is 9.53 Å². The van der Waals surface area contributed by atoms with Gasteiger partial charge in [-0.05, 0) is 12.1 Å². The highest BCUT2D eigenvalue weighted by atomic mass is 19.4. The van der Waals surface area contributed by atoms with E-state index in [4.69, 9.17) is 5.73 Å². The van der Waals surface area contributed by atoms with Gasteiger partial charge in [0.2, 0.25) is 6.10 Å². The molecule has 0 fully saturated rings. The summed E-state index contributed by atoms with van der Waals surface area (Å²) in [4.78, 5) is 14.1. The Bertz CT molecular complexity index is 393. The number of ether oxygens (including phenoxy) is 1. The summed E-state index contributed by atoms with van der Waals surface area (Å²) in [5, 5.41) is 0. The Labute approximate surface area is 89.2 Å². The van der Waals surface area contributed by atoms with Crippen molar-refractivity contribution in [3.05, 3.63) is 23.9 Å². The maximum absolute atomic E-state index is 12.6. The van der Waals surface area contributed by atoms with Crippen LogP contribution in [0.25, 0.3) is 0 Å². The first-order chi connectivity index (χ1) is 7.30. The molecule has 1 aromatic rings. The predicted octanol–water partition coefficient (Wildman–Crippen LogP) is 1.83. The van der Waals surface area contributed by atoms with Crippen molar-refractivity contribution in [3.8, 4) is 0 Å². The molecule has 1 heterocycles. The molecule has 0 radical (unpaired) electrons. The van der Waals surface area contributed by atoms with E-state index >= 15 is 0 Å². The average Bonchev–Trinajstić information content (AvgIpc) is 2.12. The zero-order chi connectivity index (χ0) is 12.3. The number of hydrogen-bond acceptors (Lipinski definition) is 4. The van der Waals surface area contributed by atoms with Crippen LogP contribution >= 0.6 is 0 Å². The molecule has 16 heavy (non-hydrogen) atoms. The van der Waals surface area contributed by atoms with Gasteiger partial charge >= 0.3 is 12.1 Å². The fourth-order valence-corrected chi connectivity index (χ4v) is 1.12. The van der Waals surface area contributed by atoms with Crippen molar-refractivity contribution in [3.63, 3.8) is 0 Å². The lowest BCUT2D eigenvalue weighted by atomic mass is 10.1. The van der Waals surface area contributed by atoms with Crippen LogP contribution in [0.2, 0.25) is 0 Å². The topological polar surface area (TPSA) is 65.2 Å². The minimum atomic E-state index is -4.68. The SMILES string of the molecule is CC(=O)O[C@H](c1ccnc(N)c1)C(F)(F)F. The molecule has 0 aromatic carbocycles. The third kappa shape index (κ3) is 3.11. The van der Waals surface area contributed by atoms with E-state index < -0.39 is 18.2 Å². The molecule has 0 unspecified atom stereocenters. The number of anilines is 1. The summed E-state index contributed by atoms with van der Waals surface area (Å²) >= 11 is 0. The second-order valence-corrected chi connectivity index (χ2v) is 3.05. The molecule has 1 atom stereocenters. The lowest BCUT2D eigenvalue weighted by Crippen LogP contribution is -2.25. The summed E-state index contributed by atoms with van der Waals surface area (Å²) in [6.45, 7) is 0.906. The Balaban J connectivity index is 3.06. The Kier molecular flexibility index (Phi) is 3.36. The molecule has 0 aliphatic heterocycles. The molecule has 0 bridgehead atoms. The van der Waals surface area contributed by atoms with Gasteiger partial charge in [0.1, 0.15) is 5.82 Å². The Morgan fingerprint density at radius 3 is 2.62 bits per heavy atom. The average molecular weight is 234 g/mol. The van der Waals surface area contributed by atoms with Crippen LogP contribution < -0.4 is 5.73 Å². The largest absolute Gasteiger partial charge is 0.448 e. The van der Waals surface area contributed by atoms with Gasteiger partial charge < -0.3 is 10.5 Å². The fourth-order valence-electron chi connectivity index (χ4n) is 1.12. The molecule has 0 aliphatic rings. The van der Waals surface area contributed by atoms with Crippen molar-refractivity contribution in [1.29, 1.82) is 0 Å². The number of halogens is 3. The van der Waals surface area contributed by atoms with E-state index in [1.807, 2.05) is 0 Å². The van der Waals surface area contributed by atoms with Crippen molar-refractivity contribution in [2.45, 2.75) is 19.2 Å². The Morgan fingerprint density at radius 1 is 1.56 bits per heavy atom. The van der Waals surface area contributed by atoms with Crippen LogP contribution in [0.15, 0.2) is 18.3 Å². The van der Waals surface area contributed by atoms with Crippen LogP contribution in [-0.4, -0.2) is 17.1 Å². The van der Waals surface area contributed by atoms with Crippen LogP contribution in [0.1, 0.15) is 18.6 Å². The lowest BCUT2D eigenvalue weighted by Gasteiger charge is -2.20. The monoisotopic (exact) mass is 234 g/mol. The number of hydrogen-bond donors (Lipinski definition) is 1. The molecular formula is C9H9F3N2O2. The minimum Gasteiger partial charge on any atom is -0.448 e. The van der Waals surface area contributed by atoms with Crippen LogP contribution in [0.5, 0.6) is 0 Å². The number of nitrogen functional groups attached to an aromatic ring is 1. The van der Waals surface area contributed by atoms with Gasteiger partial charge in [0.05, 0.1) is 0 Å². The van der Waals surface area contributed by atoms with Crippen LogP contribution in [0.3, 0.4) is 0 Å². The molecular weight excluding hydrogens is 225 g/mol. The third-order valence-corrected chi connectivity index (χ3v) is 1.69. The highest BCUT2D eigenvalue weighted by molar-refractivity contribution is 5.66. The van der Waals surface area contributed by atoms with Crippen molar-refractivity contribution in [1.82, 2.24) is 4.98 Å². The summed E-state index contributed by atoms with van der Waals surface area (Å²) in [6, 6.07) is 2.11. The van der Waals surface area contributed by atoms with E-state index in [1.165, 1.54) is 0 Å². The maximum Gasteiger partial charge on any atom is 0.429 e. The summed E-state index contributed by atoms with van der Waals surface area (Å²) in [7, 11) is 0. The number of carbonyl (C=O) groups is 1. The van der Waals surface area contributed by atoms with E-state index in [-0.39, 0.29) is 11.4 Å². The number of carbonyl (C=O) groups excluding carboxylic acids is 1. The molecule has 1 aromatic heterocycles. The van der Waals surface area contributed by atoms with E-state index in [0.717, 1.165) is 25.3 Å². The van der Waals surface area contributed by atoms with Crippen LogP contribution in [0.4, 0.5) is 19.0 Å². The number of aromatic nitrogens is 1. The van der Waals surface area contributed by atoms with Gasteiger partial charge in [0, 0.05) is 18.7 Å². The maximum atomic E-state index is 12.6. The first-order valence-electron chi connectivity index (χ1n) is 4.26. The van der Waals surface area contributed by atoms with Crippen molar-refractivity contribution >= 4 is 11.8 Å². The van der Waals surface area contributed by atoms with E-state index in [1.54, 1.807) is 0 Å². The van der Waals surface area contributed by atoms with Gasteiger partial charge in [0.25, 0.3) is 0 Å². The standard InChI is InChI=1S/C9H9F3N2O2/c1-5(15)16-8(9(10,11)12)6-2-3-14-7(13)4-6/h2-4,8H,1H3,(H2,13,14)/t8-/m1/s1. The number of alkyl halides is 3. The lowest BCUT2D eigenvalue weighted by molar-refractivity contribution is -0.222. The summed E-state index contributed by atoms with van der Waals surface area (Å²) in [5.41, 5.74) is 5.00. The van der Waals surface area contributed by atoms with E-state index in [2.05, 4.69) is 9.72 Å². The first-order valence-corrected chi connectivity index (χ1v) is 4.26. The van der Waals surface area contributed by atoms with E-state index in [0.29, 0.717) is 0 Å². The highest BCUT2D eigenvalue weighted by Gasteiger charge is 2.43. The molecule has 88 valence electrons. The number of esters is 1. The summed E-state index contributed by atoms with van der Waals surface area (Å²) < 4.78 is 41.9. The quantitative estimate of drug-likeness (QED) is 0.793. The molecule has 1 rings (SSSR count). The minimum absolute atomic E-state index is 0.0705. The molecule has 0 saturated heterocycles. The van der Waals surface area contributed by atoms with Gasteiger partial charge in [0.15, 0.2) is 0 Å². The smallest absolute Gasteiger partial charge is 0.429 e. The summed E-state index contributed by atoms with van der Waals surface area (Å²) in [5.74, 6) is -1.09. The molecule has 7 heteroatoms. The molecule has 0 saturated carbocycles. The zero-order valence-corrected chi connectivity index (χ0v) is 8.28. The number of nitrogens with zero attached hydrogens (tertiary/aromatic N) is 1. The van der Waals surface area contributed by atoms with E-state index in [9.17, 15) is 18.0 Å². The molecule has 4 nitrogen and oxygen atoms in total. The van der Waals surface area contributed by atoms with Crippen molar-refractivity contribution in [2.24, 2.45) is 0 Å². The van der Waals surface area contributed by atoms with Gasteiger partial charge in [-0.15, -0.1) is 0 Å².